The Morgan fingerprint density at radius 3 is 2.92 bits per heavy atom. The van der Waals surface area contributed by atoms with Gasteiger partial charge in [-0.2, -0.15) is 0 Å². The minimum atomic E-state index is -0.0588. The van der Waals surface area contributed by atoms with Gasteiger partial charge in [0.25, 0.3) is 0 Å². The molecule has 1 amide bonds. The van der Waals surface area contributed by atoms with Gasteiger partial charge in [0.15, 0.2) is 0 Å². The normalized spacial score (nSPS) is 23.7. The molecular weight excluding hydrogens is 328 g/mol. The minimum Gasteiger partial charge on any atom is -0.493 e. The van der Waals surface area contributed by atoms with Crippen molar-refractivity contribution in [3.8, 4) is 5.75 Å². The number of hydrogen-bond acceptors (Lipinski definition) is 4. The van der Waals surface area contributed by atoms with Crippen LogP contribution in [0.3, 0.4) is 0 Å². The lowest BCUT2D eigenvalue weighted by Crippen LogP contribution is -2.50. The molecule has 1 unspecified atom stereocenters. The maximum absolute atomic E-state index is 12.3. The maximum Gasteiger partial charge on any atom is 0.223 e. The molecule has 1 aromatic carbocycles. The Morgan fingerprint density at radius 2 is 2.15 bits per heavy atom. The van der Waals surface area contributed by atoms with E-state index in [-0.39, 0.29) is 24.0 Å². The molecule has 1 N–H and O–H groups in total. The Kier molecular flexibility index (Phi) is 4.44. The number of likely N-dealkylation sites (N-methyl/N-ethyl adjacent to an activating group) is 1. The molecule has 2 aromatic rings. The second-order valence-corrected chi connectivity index (χ2v) is 7.34. The van der Waals surface area contributed by atoms with Crippen molar-refractivity contribution >= 4 is 5.91 Å². The highest BCUT2D eigenvalue weighted by molar-refractivity contribution is 5.77. The zero-order valence-corrected chi connectivity index (χ0v) is 15.6. The number of carbonyl (C=O) groups is 1. The summed E-state index contributed by atoms with van der Waals surface area (Å²) in [6, 6.07) is 6.75. The Bertz CT molecular complexity index is 816. The molecule has 0 spiro atoms. The fourth-order valence-corrected chi connectivity index (χ4v) is 4.12. The highest BCUT2D eigenvalue weighted by Gasteiger charge is 2.37. The highest BCUT2D eigenvalue weighted by Crippen LogP contribution is 2.33. The predicted molar refractivity (Wildman–Crippen MR) is 98.9 cm³/mol. The third kappa shape index (κ3) is 2.98. The number of likely N-dealkylation sites (tertiary alicyclic amines) is 1. The molecule has 2 aliphatic heterocycles. The van der Waals surface area contributed by atoms with Crippen LogP contribution < -0.4 is 10.1 Å². The van der Waals surface area contributed by atoms with Gasteiger partial charge in [-0.3, -0.25) is 4.79 Å². The molecule has 3 heterocycles. The van der Waals surface area contributed by atoms with Gasteiger partial charge in [-0.1, -0.05) is 12.1 Å². The summed E-state index contributed by atoms with van der Waals surface area (Å²) in [6.07, 6.45) is 6.10. The van der Waals surface area contributed by atoms with Crippen LogP contribution in [0.25, 0.3) is 0 Å². The van der Waals surface area contributed by atoms with Crippen LogP contribution in [0.2, 0.25) is 0 Å². The summed E-state index contributed by atoms with van der Waals surface area (Å²) in [6.45, 7) is 2.96. The lowest BCUT2D eigenvalue weighted by Gasteiger charge is -2.40. The quantitative estimate of drug-likeness (QED) is 0.916. The number of hydrogen-bond donors (Lipinski definition) is 1. The molecule has 1 aromatic heterocycles. The number of aryl methyl sites for hydroxylation is 1. The molecule has 6 heteroatoms. The molecule has 3 atom stereocenters. The molecule has 6 nitrogen and oxygen atoms in total. The number of aromatic nitrogens is 2. The lowest BCUT2D eigenvalue weighted by atomic mass is 9.93. The van der Waals surface area contributed by atoms with Crippen molar-refractivity contribution < 1.29 is 9.53 Å². The lowest BCUT2D eigenvalue weighted by molar-refractivity contribution is -0.136. The van der Waals surface area contributed by atoms with Gasteiger partial charge < -0.3 is 19.5 Å². The summed E-state index contributed by atoms with van der Waals surface area (Å²) < 4.78 is 7.62. The number of benzene rings is 1. The van der Waals surface area contributed by atoms with Gasteiger partial charge in [0.1, 0.15) is 17.6 Å². The second-order valence-electron chi connectivity index (χ2n) is 7.34. The van der Waals surface area contributed by atoms with Crippen molar-refractivity contribution in [2.75, 3.05) is 13.7 Å². The molecule has 1 fully saturated rings. The Labute approximate surface area is 154 Å². The molecule has 0 bridgehead atoms. The molecule has 26 heavy (non-hydrogen) atoms. The Hall–Kier alpha value is -2.34. The van der Waals surface area contributed by atoms with Crippen LogP contribution in [-0.2, 0) is 18.3 Å². The van der Waals surface area contributed by atoms with Crippen molar-refractivity contribution in [2.45, 2.75) is 44.3 Å². The number of carbonyl (C=O) groups excluding carboxylic acids is 1. The first-order chi connectivity index (χ1) is 12.5. The van der Waals surface area contributed by atoms with E-state index in [1.807, 2.05) is 29.8 Å². The van der Waals surface area contributed by atoms with E-state index in [0.717, 1.165) is 31.0 Å². The van der Waals surface area contributed by atoms with Crippen LogP contribution in [0.4, 0.5) is 0 Å². The summed E-state index contributed by atoms with van der Waals surface area (Å²) in [5, 5.41) is 3.75. The van der Waals surface area contributed by atoms with Crippen LogP contribution in [-0.4, -0.2) is 40.1 Å². The fourth-order valence-electron chi connectivity index (χ4n) is 4.12. The summed E-state index contributed by atoms with van der Waals surface area (Å²) in [5.41, 5.74) is 2.54. The number of rotatable bonds is 4. The van der Waals surface area contributed by atoms with Gasteiger partial charge >= 0.3 is 0 Å². The molecule has 0 radical (unpaired) electrons. The Morgan fingerprint density at radius 1 is 1.31 bits per heavy atom. The molecule has 0 saturated carbocycles. The van der Waals surface area contributed by atoms with E-state index in [4.69, 9.17) is 4.74 Å². The van der Waals surface area contributed by atoms with Gasteiger partial charge in [-0.25, -0.2) is 4.98 Å². The van der Waals surface area contributed by atoms with Crippen molar-refractivity contribution in [1.82, 2.24) is 19.8 Å². The van der Waals surface area contributed by atoms with E-state index in [9.17, 15) is 4.79 Å². The first-order valence-electron chi connectivity index (χ1n) is 9.29. The molecule has 1 saturated heterocycles. The third-order valence-corrected chi connectivity index (χ3v) is 5.66. The molecule has 4 rings (SSSR count). The predicted octanol–water partition coefficient (Wildman–Crippen LogP) is 2.37. The van der Waals surface area contributed by atoms with E-state index in [1.165, 1.54) is 11.1 Å². The SMILES string of the molecule is CC(N[C@@H]1CCC(=O)N(C)[C@H]1c1nccn1C)c1ccc2c(c1)CCO2. The smallest absolute Gasteiger partial charge is 0.223 e. The van der Waals surface area contributed by atoms with Gasteiger partial charge in [0.2, 0.25) is 5.91 Å². The highest BCUT2D eigenvalue weighted by atomic mass is 16.5. The van der Waals surface area contributed by atoms with E-state index >= 15 is 0 Å². The van der Waals surface area contributed by atoms with Gasteiger partial charge in [-0.05, 0) is 30.5 Å². The first-order valence-corrected chi connectivity index (χ1v) is 9.29. The third-order valence-electron chi connectivity index (χ3n) is 5.66. The van der Waals surface area contributed by atoms with E-state index in [2.05, 4.69) is 35.4 Å². The van der Waals surface area contributed by atoms with Crippen molar-refractivity contribution in [1.29, 1.82) is 0 Å². The second kappa shape index (κ2) is 6.76. The summed E-state index contributed by atoms with van der Waals surface area (Å²) in [7, 11) is 3.86. The van der Waals surface area contributed by atoms with Crippen molar-refractivity contribution in [2.24, 2.45) is 7.05 Å². The average Bonchev–Trinajstić information content (AvgIpc) is 3.26. The number of nitrogens with one attached hydrogen (secondary N) is 1. The van der Waals surface area contributed by atoms with E-state index in [0.29, 0.717) is 6.42 Å². The fraction of sp³-hybridized carbons (Fsp3) is 0.500. The number of ether oxygens (including phenoxy) is 1. The van der Waals surface area contributed by atoms with Crippen LogP contribution in [0.15, 0.2) is 30.6 Å². The average molecular weight is 354 g/mol. The van der Waals surface area contributed by atoms with Crippen molar-refractivity contribution in [3.63, 3.8) is 0 Å². The standard InChI is InChI=1S/C20H26N4O2/c1-13(14-4-6-17-15(12-14)8-11-26-17)22-16-5-7-18(25)24(3)19(16)20-21-9-10-23(20)2/h4,6,9-10,12-13,16,19,22H,5,7-8,11H2,1-3H3/t13?,16-,19-/m1/s1. The number of fused-ring (bicyclic) bond motifs is 1. The zero-order chi connectivity index (χ0) is 18.3. The summed E-state index contributed by atoms with van der Waals surface area (Å²) in [4.78, 5) is 18.6. The number of piperidine rings is 1. The Balaban J connectivity index is 1.57. The molecular formula is C20H26N4O2. The van der Waals surface area contributed by atoms with Crippen LogP contribution in [0, 0.1) is 0 Å². The van der Waals surface area contributed by atoms with E-state index < -0.39 is 0 Å². The van der Waals surface area contributed by atoms with Gasteiger partial charge in [-0.15, -0.1) is 0 Å². The monoisotopic (exact) mass is 354 g/mol. The maximum atomic E-state index is 12.3. The minimum absolute atomic E-state index is 0.0588. The number of nitrogens with zero attached hydrogens (tertiary/aromatic N) is 3. The first kappa shape index (κ1) is 17.1. The molecule has 0 aliphatic carbocycles. The number of imidazole rings is 1. The van der Waals surface area contributed by atoms with Crippen LogP contribution >= 0.6 is 0 Å². The van der Waals surface area contributed by atoms with Crippen molar-refractivity contribution in [3.05, 3.63) is 47.5 Å². The summed E-state index contributed by atoms with van der Waals surface area (Å²) in [5.74, 6) is 2.11. The van der Waals surface area contributed by atoms with Gasteiger partial charge in [0, 0.05) is 51.4 Å². The number of amides is 1. The van der Waals surface area contributed by atoms with Gasteiger partial charge in [0.05, 0.1) is 6.61 Å². The molecule has 138 valence electrons. The zero-order valence-electron chi connectivity index (χ0n) is 15.6. The van der Waals surface area contributed by atoms with Crippen LogP contribution in [0.1, 0.15) is 48.8 Å². The van der Waals surface area contributed by atoms with E-state index in [1.54, 1.807) is 6.20 Å². The molecule has 2 aliphatic rings. The topological polar surface area (TPSA) is 59.4 Å². The summed E-state index contributed by atoms with van der Waals surface area (Å²) >= 11 is 0. The van der Waals surface area contributed by atoms with Crippen LogP contribution in [0.5, 0.6) is 5.75 Å². The largest absolute Gasteiger partial charge is 0.493 e.